The van der Waals surface area contributed by atoms with Gasteiger partial charge in [0, 0.05) is 25.6 Å². The molecule has 0 saturated carbocycles. The quantitative estimate of drug-likeness (QED) is 0.782. The molecule has 118 valence electrons. The minimum Gasteiger partial charge on any atom is -0.489 e. The van der Waals surface area contributed by atoms with Gasteiger partial charge in [-0.05, 0) is 43.0 Å². The number of nitrogens with zero attached hydrogens (tertiary/aromatic N) is 1. The van der Waals surface area contributed by atoms with Crippen molar-refractivity contribution in [1.29, 1.82) is 0 Å². The van der Waals surface area contributed by atoms with Gasteiger partial charge in [-0.1, -0.05) is 11.6 Å². The number of amides is 1. The Labute approximate surface area is 135 Å². The monoisotopic (exact) mass is 321 g/mol. The van der Waals surface area contributed by atoms with Gasteiger partial charge in [0.2, 0.25) is 5.91 Å². The summed E-state index contributed by atoms with van der Waals surface area (Å²) >= 11 is 6.25. The highest BCUT2D eigenvalue weighted by Gasteiger charge is 2.16. The van der Waals surface area contributed by atoms with E-state index in [-0.39, 0.29) is 5.91 Å². The lowest BCUT2D eigenvalue weighted by molar-refractivity contribution is -0.126. The highest BCUT2D eigenvalue weighted by Crippen LogP contribution is 2.38. The molecule has 0 N–H and O–H groups in total. The van der Waals surface area contributed by atoms with Crippen LogP contribution in [0.3, 0.4) is 0 Å². The van der Waals surface area contributed by atoms with E-state index >= 15 is 0 Å². The second-order valence-electron chi connectivity index (χ2n) is 5.60. The van der Waals surface area contributed by atoms with Crippen LogP contribution in [0.25, 0.3) is 6.08 Å². The number of likely N-dealkylation sites (tertiary alicyclic amines) is 1. The van der Waals surface area contributed by atoms with Crippen LogP contribution in [0.5, 0.6) is 11.5 Å². The molecule has 2 aliphatic rings. The van der Waals surface area contributed by atoms with E-state index in [4.69, 9.17) is 21.1 Å². The maximum absolute atomic E-state index is 12.2. The van der Waals surface area contributed by atoms with Gasteiger partial charge in [-0.3, -0.25) is 4.79 Å². The van der Waals surface area contributed by atoms with E-state index in [9.17, 15) is 4.79 Å². The molecule has 0 radical (unpaired) electrons. The lowest BCUT2D eigenvalue weighted by Gasteiger charge is -2.25. The second-order valence-corrected chi connectivity index (χ2v) is 6.01. The summed E-state index contributed by atoms with van der Waals surface area (Å²) in [5.41, 5.74) is 0.847. The zero-order chi connectivity index (χ0) is 15.4. The summed E-state index contributed by atoms with van der Waals surface area (Å²) in [5.74, 6) is 1.30. The van der Waals surface area contributed by atoms with Crippen LogP contribution in [-0.4, -0.2) is 37.1 Å². The number of hydrogen-bond acceptors (Lipinski definition) is 3. The van der Waals surface area contributed by atoms with E-state index in [2.05, 4.69) is 0 Å². The number of rotatable bonds is 2. The first-order valence-electron chi connectivity index (χ1n) is 7.80. The van der Waals surface area contributed by atoms with E-state index in [0.717, 1.165) is 37.9 Å². The normalized spacial score (nSPS) is 18.3. The molecule has 2 heterocycles. The van der Waals surface area contributed by atoms with Crippen molar-refractivity contribution < 1.29 is 14.3 Å². The molecule has 5 heteroatoms. The van der Waals surface area contributed by atoms with E-state index in [1.807, 2.05) is 11.0 Å². The topological polar surface area (TPSA) is 38.8 Å². The number of piperidine rings is 1. The van der Waals surface area contributed by atoms with E-state index in [0.29, 0.717) is 29.7 Å². The van der Waals surface area contributed by atoms with E-state index in [1.165, 1.54) is 6.42 Å². The fourth-order valence-electron chi connectivity index (χ4n) is 2.73. The summed E-state index contributed by atoms with van der Waals surface area (Å²) in [7, 11) is 0. The predicted molar refractivity (Wildman–Crippen MR) is 86.5 cm³/mol. The predicted octanol–water partition coefficient (Wildman–Crippen LogP) is 3.53. The van der Waals surface area contributed by atoms with Crippen LogP contribution in [0.1, 0.15) is 31.2 Å². The Bertz CT molecular complexity index is 580. The van der Waals surface area contributed by atoms with Crippen LogP contribution >= 0.6 is 11.6 Å². The number of ether oxygens (including phenoxy) is 2. The maximum atomic E-state index is 12.2. The van der Waals surface area contributed by atoms with Crippen molar-refractivity contribution >= 4 is 23.6 Å². The third kappa shape index (κ3) is 3.55. The van der Waals surface area contributed by atoms with Crippen molar-refractivity contribution in [3.05, 3.63) is 28.8 Å². The number of carbonyl (C=O) groups is 1. The fraction of sp³-hybridized carbons (Fsp3) is 0.471. The smallest absolute Gasteiger partial charge is 0.246 e. The summed E-state index contributed by atoms with van der Waals surface area (Å²) in [4.78, 5) is 14.0. The lowest BCUT2D eigenvalue weighted by atomic mass is 10.1. The summed E-state index contributed by atoms with van der Waals surface area (Å²) < 4.78 is 11.3. The Balaban J connectivity index is 1.74. The van der Waals surface area contributed by atoms with Gasteiger partial charge in [0.05, 0.1) is 18.2 Å². The van der Waals surface area contributed by atoms with Crippen molar-refractivity contribution in [3.63, 3.8) is 0 Å². The first kappa shape index (κ1) is 15.2. The van der Waals surface area contributed by atoms with Crippen molar-refractivity contribution in [1.82, 2.24) is 4.90 Å². The molecule has 2 aliphatic heterocycles. The van der Waals surface area contributed by atoms with Gasteiger partial charge < -0.3 is 14.4 Å². The minimum atomic E-state index is 0.0583. The molecular formula is C17H20ClNO3. The molecule has 0 atom stereocenters. The van der Waals surface area contributed by atoms with Crippen molar-refractivity contribution in [2.24, 2.45) is 0 Å². The van der Waals surface area contributed by atoms with Crippen molar-refractivity contribution in [2.75, 3.05) is 26.3 Å². The number of hydrogen-bond donors (Lipinski definition) is 0. The average molecular weight is 322 g/mol. The lowest BCUT2D eigenvalue weighted by Crippen LogP contribution is -2.34. The van der Waals surface area contributed by atoms with Crippen LogP contribution < -0.4 is 9.47 Å². The summed E-state index contributed by atoms with van der Waals surface area (Å²) in [6, 6.07) is 3.67. The largest absolute Gasteiger partial charge is 0.489 e. The Morgan fingerprint density at radius 3 is 2.68 bits per heavy atom. The van der Waals surface area contributed by atoms with Crippen LogP contribution in [-0.2, 0) is 4.79 Å². The Hall–Kier alpha value is -1.68. The van der Waals surface area contributed by atoms with Crippen LogP contribution in [0.15, 0.2) is 18.2 Å². The number of halogens is 1. The van der Waals surface area contributed by atoms with Crippen molar-refractivity contribution in [2.45, 2.75) is 25.7 Å². The van der Waals surface area contributed by atoms with Gasteiger partial charge in [-0.25, -0.2) is 0 Å². The Morgan fingerprint density at radius 2 is 1.86 bits per heavy atom. The molecule has 1 aromatic rings. The first-order chi connectivity index (χ1) is 10.7. The molecule has 0 unspecified atom stereocenters. The molecule has 3 rings (SSSR count). The van der Waals surface area contributed by atoms with Gasteiger partial charge in [-0.2, -0.15) is 0 Å². The van der Waals surface area contributed by atoms with Gasteiger partial charge in [0.25, 0.3) is 0 Å². The highest BCUT2D eigenvalue weighted by molar-refractivity contribution is 6.32. The molecule has 0 spiro atoms. The Kier molecular flexibility index (Phi) is 4.88. The second kappa shape index (κ2) is 7.05. The van der Waals surface area contributed by atoms with Crippen LogP contribution in [0.2, 0.25) is 5.02 Å². The Morgan fingerprint density at radius 1 is 1.09 bits per heavy atom. The first-order valence-corrected chi connectivity index (χ1v) is 8.18. The van der Waals surface area contributed by atoms with E-state index < -0.39 is 0 Å². The molecule has 0 bridgehead atoms. The van der Waals surface area contributed by atoms with Gasteiger partial charge in [-0.15, -0.1) is 0 Å². The zero-order valence-electron chi connectivity index (χ0n) is 12.5. The molecule has 1 fully saturated rings. The number of carbonyl (C=O) groups excluding carboxylic acids is 1. The zero-order valence-corrected chi connectivity index (χ0v) is 13.3. The fourth-order valence-corrected chi connectivity index (χ4v) is 3.01. The molecule has 1 saturated heterocycles. The minimum absolute atomic E-state index is 0.0583. The highest BCUT2D eigenvalue weighted by atomic mass is 35.5. The third-order valence-corrected chi connectivity index (χ3v) is 4.19. The molecule has 1 aromatic carbocycles. The maximum Gasteiger partial charge on any atom is 0.246 e. The van der Waals surface area contributed by atoms with Gasteiger partial charge in [0.15, 0.2) is 11.5 Å². The molecular weight excluding hydrogens is 302 g/mol. The SMILES string of the molecule is O=C(/C=C/c1cc(Cl)c2c(c1)OCCCO2)N1CCCCC1. The van der Waals surface area contributed by atoms with E-state index in [1.54, 1.807) is 18.2 Å². The summed E-state index contributed by atoms with van der Waals surface area (Å²) in [5, 5.41) is 0.518. The molecule has 0 aliphatic carbocycles. The number of fused-ring (bicyclic) bond motifs is 1. The summed E-state index contributed by atoms with van der Waals surface area (Å²) in [6.45, 7) is 2.93. The van der Waals surface area contributed by atoms with Crippen LogP contribution in [0, 0.1) is 0 Å². The average Bonchev–Trinajstić information content (AvgIpc) is 2.79. The van der Waals surface area contributed by atoms with Crippen molar-refractivity contribution in [3.8, 4) is 11.5 Å². The van der Waals surface area contributed by atoms with Crippen LogP contribution in [0.4, 0.5) is 0 Å². The molecule has 0 aromatic heterocycles. The summed E-state index contributed by atoms with van der Waals surface area (Å²) in [6.07, 6.45) is 7.64. The van der Waals surface area contributed by atoms with Gasteiger partial charge >= 0.3 is 0 Å². The molecule has 22 heavy (non-hydrogen) atoms. The molecule has 1 amide bonds. The molecule has 4 nitrogen and oxygen atoms in total. The third-order valence-electron chi connectivity index (χ3n) is 3.91. The van der Waals surface area contributed by atoms with Gasteiger partial charge in [0.1, 0.15) is 0 Å². The standard InChI is InChI=1S/C17H20ClNO3/c18-14-11-13(12-15-17(14)22-10-4-9-21-15)5-6-16(20)19-7-2-1-3-8-19/h5-6,11-12H,1-4,7-10H2/b6-5+. The number of benzene rings is 1.